The van der Waals surface area contributed by atoms with Crippen molar-refractivity contribution in [3.63, 3.8) is 0 Å². The van der Waals surface area contributed by atoms with Gasteiger partial charge in [-0.1, -0.05) is 6.42 Å². The fourth-order valence-corrected chi connectivity index (χ4v) is 6.11. The third kappa shape index (κ3) is 3.80. The van der Waals surface area contributed by atoms with Gasteiger partial charge in [-0.3, -0.25) is 4.79 Å². The average molecular weight is 430 g/mol. The van der Waals surface area contributed by atoms with Crippen LogP contribution in [0.2, 0.25) is 0 Å². The van der Waals surface area contributed by atoms with Crippen molar-refractivity contribution < 1.29 is 4.79 Å². The highest BCUT2D eigenvalue weighted by molar-refractivity contribution is 5.85. The molecule has 6 nitrogen and oxygen atoms in total. The molecule has 1 aromatic rings. The number of amides is 1. The number of nitrogens with two attached hydrogens (primary N) is 1. The lowest BCUT2D eigenvalue weighted by atomic mass is 9.65. The van der Waals surface area contributed by atoms with E-state index in [0.29, 0.717) is 29.7 Å². The Labute approximate surface area is 179 Å². The zero-order chi connectivity index (χ0) is 17.7. The highest BCUT2D eigenvalue weighted by Gasteiger charge is 2.42. The molecule has 0 spiro atoms. The van der Waals surface area contributed by atoms with Crippen molar-refractivity contribution in [2.24, 2.45) is 23.5 Å². The largest absolute Gasteiger partial charge is 0.342 e. The standard InChI is InChI=1S/C20H31N5O.2ClH/c21-18-13-4-1-5-14(18)11-16(10-13)20(26)24-8-2-6-15(12-24)19-23-22-17-7-3-9-25(17)19;;/h13-16,18H,1-12,21H2;2*1H. The molecule has 1 aromatic heterocycles. The average Bonchev–Trinajstić information content (AvgIpc) is 3.24. The molecule has 3 unspecified atom stereocenters. The summed E-state index contributed by atoms with van der Waals surface area (Å²) in [4.78, 5) is 15.4. The number of carbonyl (C=O) groups excluding carboxylic acids is 1. The molecule has 2 N–H and O–H groups in total. The fraction of sp³-hybridized carbons (Fsp3) is 0.850. The van der Waals surface area contributed by atoms with Crippen molar-refractivity contribution in [1.82, 2.24) is 19.7 Å². The first-order chi connectivity index (χ1) is 12.7. The molecular weight excluding hydrogens is 397 g/mol. The number of hydrogen-bond donors (Lipinski definition) is 1. The summed E-state index contributed by atoms with van der Waals surface area (Å²) in [6, 6.07) is 0.334. The maximum atomic E-state index is 13.3. The van der Waals surface area contributed by atoms with E-state index in [9.17, 15) is 4.79 Å². The van der Waals surface area contributed by atoms with Gasteiger partial charge in [-0.05, 0) is 56.8 Å². The number of carbonyl (C=O) groups is 1. The third-order valence-corrected chi connectivity index (χ3v) is 7.50. The maximum Gasteiger partial charge on any atom is 0.225 e. The van der Waals surface area contributed by atoms with Gasteiger partial charge in [-0.2, -0.15) is 0 Å². The second-order valence-electron chi connectivity index (χ2n) is 9.05. The highest BCUT2D eigenvalue weighted by Crippen LogP contribution is 2.43. The van der Waals surface area contributed by atoms with Crippen LogP contribution in [-0.4, -0.2) is 44.7 Å². The molecule has 5 rings (SSSR count). The first-order valence-corrected chi connectivity index (χ1v) is 10.7. The van der Waals surface area contributed by atoms with Gasteiger partial charge < -0.3 is 15.2 Å². The minimum atomic E-state index is 0. The molecule has 2 bridgehead atoms. The smallest absolute Gasteiger partial charge is 0.225 e. The normalized spacial score (nSPS) is 34.2. The van der Waals surface area contributed by atoms with Gasteiger partial charge in [0.05, 0.1) is 0 Å². The Morgan fingerprint density at radius 1 is 0.964 bits per heavy atom. The van der Waals surface area contributed by atoms with Crippen LogP contribution >= 0.6 is 24.8 Å². The van der Waals surface area contributed by atoms with Gasteiger partial charge in [0.1, 0.15) is 11.6 Å². The number of aryl methyl sites for hydroxylation is 1. The summed E-state index contributed by atoms with van der Waals surface area (Å²) in [6.45, 7) is 2.79. The number of likely N-dealkylation sites (tertiary alicyclic amines) is 1. The first kappa shape index (κ1) is 21.8. The lowest BCUT2D eigenvalue weighted by Crippen LogP contribution is -2.51. The molecular formula is C20H33Cl2N5O. The Bertz CT molecular complexity index is 682. The van der Waals surface area contributed by atoms with Crippen LogP contribution in [-0.2, 0) is 17.8 Å². The topological polar surface area (TPSA) is 77.0 Å². The van der Waals surface area contributed by atoms with Crippen molar-refractivity contribution in [2.45, 2.75) is 76.3 Å². The lowest BCUT2D eigenvalue weighted by molar-refractivity contribution is -0.140. The molecule has 28 heavy (non-hydrogen) atoms. The Balaban J connectivity index is 0.00000112. The summed E-state index contributed by atoms with van der Waals surface area (Å²) < 4.78 is 2.31. The molecule has 1 amide bonds. The van der Waals surface area contributed by atoms with Gasteiger partial charge in [0.2, 0.25) is 5.91 Å². The van der Waals surface area contributed by atoms with Crippen LogP contribution in [0.5, 0.6) is 0 Å². The van der Waals surface area contributed by atoms with Crippen molar-refractivity contribution >= 4 is 30.7 Å². The molecule has 3 atom stereocenters. The number of fused-ring (bicyclic) bond motifs is 3. The molecule has 2 aliphatic heterocycles. The molecule has 2 saturated carbocycles. The van der Waals surface area contributed by atoms with Gasteiger partial charge in [-0.15, -0.1) is 35.0 Å². The Morgan fingerprint density at radius 3 is 2.46 bits per heavy atom. The van der Waals surface area contributed by atoms with Crippen molar-refractivity contribution in [1.29, 1.82) is 0 Å². The zero-order valence-corrected chi connectivity index (χ0v) is 18.1. The zero-order valence-electron chi connectivity index (χ0n) is 16.5. The Hall–Kier alpha value is -0.850. The second-order valence-corrected chi connectivity index (χ2v) is 9.05. The summed E-state index contributed by atoms with van der Waals surface area (Å²) >= 11 is 0. The van der Waals surface area contributed by atoms with E-state index >= 15 is 0 Å². The van der Waals surface area contributed by atoms with E-state index in [2.05, 4.69) is 19.7 Å². The maximum absolute atomic E-state index is 13.3. The van der Waals surface area contributed by atoms with Crippen molar-refractivity contribution in [2.75, 3.05) is 13.1 Å². The van der Waals surface area contributed by atoms with Crippen LogP contribution in [0.25, 0.3) is 0 Å². The molecule has 0 aromatic carbocycles. The Morgan fingerprint density at radius 2 is 1.71 bits per heavy atom. The third-order valence-electron chi connectivity index (χ3n) is 7.50. The van der Waals surface area contributed by atoms with Crippen LogP contribution in [0, 0.1) is 17.8 Å². The lowest BCUT2D eigenvalue weighted by Gasteiger charge is -2.45. The second kappa shape index (κ2) is 8.88. The van der Waals surface area contributed by atoms with Gasteiger partial charge in [0.25, 0.3) is 0 Å². The van der Waals surface area contributed by atoms with Crippen LogP contribution in [0.1, 0.15) is 68.9 Å². The number of nitrogens with zero attached hydrogens (tertiary/aromatic N) is 4. The van der Waals surface area contributed by atoms with Crippen molar-refractivity contribution in [3.8, 4) is 0 Å². The van der Waals surface area contributed by atoms with Crippen LogP contribution in [0.15, 0.2) is 0 Å². The van der Waals surface area contributed by atoms with Gasteiger partial charge >= 0.3 is 0 Å². The number of aromatic nitrogens is 3. The van der Waals surface area contributed by atoms with Crippen LogP contribution in [0.4, 0.5) is 0 Å². The van der Waals surface area contributed by atoms with Crippen LogP contribution < -0.4 is 5.73 Å². The van der Waals surface area contributed by atoms with E-state index in [1.54, 1.807) is 0 Å². The van der Waals surface area contributed by atoms with Gasteiger partial charge in [0, 0.05) is 43.9 Å². The molecule has 3 fully saturated rings. The SMILES string of the molecule is Cl.Cl.NC1C2CCCC1CC(C(=O)N1CCCC(c3nnc4n3CCC4)C1)C2. The van der Waals surface area contributed by atoms with E-state index in [1.165, 1.54) is 25.7 Å². The number of piperidine rings is 1. The van der Waals surface area contributed by atoms with Gasteiger partial charge in [-0.25, -0.2) is 0 Å². The molecule has 0 radical (unpaired) electrons. The monoisotopic (exact) mass is 429 g/mol. The number of halogens is 2. The number of rotatable bonds is 2. The van der Waals surface area contributed by atoms with Gasteiger partial charge in [0.15, 0.2) is 0 Å². The molecule has 3 heterocycles. The predicted octanol–water partition coefficient (Wildman–Crippen LogP) is 2.93. The minimum Gasteiger partial charge on any atom is -0.342 e. The summed E-state index contributed by atoms with van der Waals surface area (Å²) in [7, 11) is 0. The summed E-state index contributed by atoms with van der Waals surface area (Å²) in [5.41, 5.74) is 6.42. The van der Waals surface area contributed by atoms with E-state index in [-0.39, 0.29) is 30.7 Å². The quantitative estimate of drug-likeness (QED) is 0.783. The van der Waals surface area contributed by atoms with E-state index in [4.69, 9.17) is 5.73 Å². The summed E-state index contributed by atoms with van der Waals surface area (Å²) in [6.07, 6.45) is 10.2. The number of hydrogen-bond acceptors (Lipinski definition) is 4. The van der Waals surface area contributed by atoms with E-state index < -0.39 is 0 Å². The molecule has 1 saturated heterocycles. The fourth-order valence-electron chi connectivity index (χ4n) is 6.11. The highest BCUT2D eigenvalue weighted by atomic mass is 35.5. The van der Waals surface area contributed by atoms with E-state index in [0.717, 1.165) is 63.4 Å². The predicted molar refractivity (Wildman–Crippen MR) is 113 cm³/mol. The van der Waals surface area contributed by atoms with Crippen molar-refractivity contribution in [3.05, 3.63) is 11.6 Å². The van der Waals surface area contributed by atoms with Crippen LogP contribution in [0.3, 0.4) is 0 Å². The summed E-state index contributed by atoms with van der Waals surface area (Å²) in [5.74, 6) is 4.34. The minimum absolute atomic E-state index is 0. The molecule has 4 aliphatic rings. The Kier molecular flexibility index (Phi) is 6.93. The molecule has 8 heteroatoms. The molecule has 2 aliphatic carbocycles. The van der Waals surface area contributed by atoms with E-state index in [1.807, 2.05) is 0 Å². The summed E-state index contributed by atoms with van der Waals surface area (Å²) in [5, 5.41) is 8.86. The molecule has 158 valence electrons. The first-order valence-electron chi connectivity index (χ1n) is 10.7.